The standard InChI is InChI=1S/C11H17NO6S2/c1-7-9(11(13)14)10(8(2)18-7)20(16,17)12-5-4-6-19(3)15/h12H,4-6H2,1-3H3,(H,13,14). The van der Waals surface area contributed by atoms with E-state index in [0.29, 0.717) is 12.2 Å². The van der Waals surface area contributed by atoms with Gasteiger partial charge >= 0.3 is 5.97 Å². The number of furan rings is 1. The SMILES string of the molecule is Cc1oc(C)c(S(=O)(=O)NCCCS(C)=O)c1C(=O)O. The van der Waals surface area contributed by atoms with Gasteiger partial charge in [-0.25, -0.2) is 17.9 Å². The monoisotopic (exact) mass is 323 g/mol. The molecule has 0 aromatic carbocycles. The Bertz CT molecular complexity index is 632. The third-order valence-corrected chi connectivity index (χ3v) is 5.07. The van der Waals surface area contributed by atoms with E-state index in [0.717, 1.165) is 0 Å². The van der Waals surface area contributed by atoms with E-state index in [2.05, 4.69) is 4.72 Å². The Kier molecular flexibility index (Phi) is 5.49. The number of hydrogen-bond acceptors (Lipinski definition) is 5. The van der Waals surface area contributed by atoms with Crippen molar-refractivity contribution in [3.63, 3.8) is 0 Å². The van der Waals surface area contributed by atoms with E-state index in [4.69, 9.17) is 9.52 Å². The molecule has 0 amide bonds. The number of aryl methyl sites for hydroxylation is 2. The van der Waals surface area contributed by atoms with E-state index in [9.17, 15) is 17.4 Å². The second-order valence-electron chi connectivity index (χ2n) is 4.25. The van der Waals surface area contributed by atoms with E-state index in [-0.39, 0.29) is 28.5 Å². The van der Waals surface area contributed by atoms with Crippen molar-refractivity contribution in [2.45, 2.75) is 25.2 Å². The molecule has 20 heavy (non-hydrogen) atoms. The minimum absolute atomic E-state index is 0.0338. The molecule has 0 aliphatic carbocycles. The fourth-order valence-corrected chi connectivity index (χ4v) is 3.82. The zero-order valence-corrected chi connectivity index (χ0v) is 13.1. The number of aromatic carboxylic acids is 1. The van der Waals surface area contributed by atoms with Crippen LogP contribution in [0.1, 0.15) is 28.3 Å². The molecule has 114 valence electrons. The Morgan fingerprint density at radius 2 is 1.95 bits per heavy atom. The number of sulfonamides is 1. The highest BCUT2D eigenvalue weighted by atomic mass is 32.2. The highest BCUT2D eigenvalue weighted by molar-refractivity contribution is 7.89. The fourth-order valence-electron chi connectivity index (χ4n) is 1.79. The second kappa shape index (κ2) is 6.51. The first-order valence-electron chi connectivity index (χ1n) is 5.79. The average Bonchev–Trinajstić information content (AvgIpc) is 2.60. The molecule has 0 saturated carbocycles. The summed E-state index contributed by atoms with van der Waals surface area (Å²) in [5, 5.41) is 9.08. The number of carboxylic acids is 1. The Balaban J connectivity index is 2.98. The molecule has 1 atom stereocenters. The highest BCUT2D eigenvalue weighted by Crippen LogP contribution is 2.26. The van der Waals surface area contributed by atoms with Crippen LogP contribution >= 0.6 is 0 Å². The average molecular weight is 323 g/mol. The summed E-state index contributed by atoms with van der Waals surface area (Å²) < 4.78 is 42.5. The third kappa shape index (κ3) is 3.90. The van der Waals surface area contributed by atoms with Gasteiger partial charge in [-0.15, -0.1) is 0 Å². The molecule has 7 nitrogen and oxygen atoms in total. The van der Waals surface area contributed by atoms with Crippen molar-refractivity contribution >= 4 is 26.8 Å². The van der Waals surface area contributed by atoms with Gasteiger partial charge in [0.1, 0.15) is 22.0 Å². The first kappa shape index (κ1) is 16.9. The van der Waals surface area contributed by atoms with Crippen LogP contribution in [0.5, 0.6) is 0 Å². The lowest BCUT2D eigenvalue weighted by Crippen LogP contribution is -2.27. The minimum Gasteiger partial charge on any atom is -0.478 e. The van der Waals surface area contributed by atoms with Crippen LogP contribution in [0.4, 0.5) is 0 Å². The molecule has 1 rings (SSSR count). The van der Waals surface area contributed by atoms with Crippen LogP contribution in [0.3, 0.4) is 0 Å². The smallest absolute Gasteiger partial charge is 0.340 e. The quantitative estimate of drug-likeness (QED) is 0.712. The van der Waals surface area contributed by atoms with Gasteiger partial charge in [-0.3, -0.25) is 4.21 Å². The molecule has 1 aromatic rings. The van der Waals surface area contributed by atoms with Crippen molar-refractivity contribution in [3.05, 3.63) is 17.1 Å². The Morgan fingerprint density at radius 1 is 1.35 bits per heavy atom. The molecule has 9 heteroatoms. The third-order valence-electron chi connectivity index (χ3n) is 2.59. The fraction of sp³-hybridized carbons (Fsp3) is 0.545. The van der Waals surface area contributed by atoms with Gasteiger partial charge in [0.15, 0.2) is 0 Å². The topological polar surface area (TPSA) is 114 Å². The summed E-state index contributed by atoms with van der Waals surface area (Å²) >= 11 is 0. The lowest BCUT2D eigenvalue weighted by Gasteiger charge is -2.06. The van der Waals surface area contributed by atoms with Crippen LogP contribution in [-0.4, -0.2) is 42.3 Å². The lowest BCUT2D eigenvalue weighted by molar-refractivity contribution is 0.0691. The van der Waals surface area contributed by atoms with Gasteiger partial charge in [0, 0.05) is 29.4 Å². The van der Waals surface area contributed by atoms with Crippen LogP contribution in [-0.2, 0) is 20.8 Å². The van der Waals surface area contributed by atoms with Crippen molar-refractivity contribution in [1.29, 1.82) is 0 Å². The largest absolute Gasteiger partial charge is 0.478 e. The van der Waals surface area contributed by atoms with Gasteiger partial charge in [-0.05, 0) is 20.3 Å². The first-order chi connectivity index (χ1) is 9.16. The Hall–Kier alpha value is -1.19. The van der Waals surface area contributed by atoms with Crippen LogP contribution < -0.4 is 4.72 Å². The van der Waals surface area contributed by atoms with E-state index in [1.54, 1.807) is 0 Å². The molecule has 1 heterocycles. The van der Waals surface area contributed by atoms with Gasteiger partial charge in [0.05, 0.1) is 0 Å². The second-order valence-corrected chi connectivity index (χ2v) is 7.51. The summed E-state index contributed by atoms with van der Waals surface area (Å²) in [5.41, 5.74) is -0.353. The van der Waals surface area contributed by atoms with Gasteiger partial charge in [-0.1, -0.05) is 0 Å². The minimum atomic E-state index is -3.97. The van der Waals surface area contributed by atoms with Crippen molar-refractivity contribution in [3.8, 4) is 0 Å². The summed E-state index contributed by atoms with van der Waals surface area (Å²) in [7, 11) is -4.97. The van der Waals surface area contributed by atoms with E-state index in [1.807, 2.05) is 0 Å². The van der Waals surface area contributed by atoms with Crippen LogP contribution in [0.25, 0.3) is 0 Å². The summed E-state index contributed by atoms with van der Waals surface area (Å²) in [6.45, 7) is 2.88. The predicted molar refractivity (Wildman–Crippen MR) is 73.9 cm³/mol. The number of carboxylic acid groups (broad SMARTS) is 1. The number of carbonyl (C=O) groups is 1. The van der Waals surface area contributed by atoms with Crippen molar-refractivity contribution in [1.82, 2.24) is 4.72 Å². The van der Waals surface area contributed by atoms with E-state index < -0.39 is 26.8 Å². The lowest BCUT2D eigenvalue weighted by atomic mass is 10.2. The van der Waals surface area contributed by atoms with E-state index in [1.165, 1.54) is 20.1 Å². The van der Waals surface area contributed by atoms with Crippen LogP contribution in [0, 0.1) is 13.8 Å². The number of nitrogens with one attached hydrogen (secondary N) is 1. The molecule has 0 spiro atoms. The van der Waals surface area contributed by atoms with E-state index >= 15 is 0 Å². The van der Waals surface area contributed by atoms with Gasteiger partial charge in [-0.2, -0.15) is 0 Å². The zero-order chi connectivity index (χ0) is 15.5. The Labute approximate surface area is 119 Å². The summed E-state index contributed by atoms with van der Waals surface area (Å²) in [6.07, 6.45) is 1.93. The van der Waals surface area contributed by atoms with Gasteiger partial charge < -0.3 is 9.52 Å². The number of hydrogen-bond donors (Lipinski definition) is 2. The van der Waals surface area contributed by atoms with Crippen molar-refractivity contribution < 1.29 is 26.9 Å². The number of rotatable bonds is 7. The maximum atomic E-state index is 12.1. The molecule has 0 saturated heterocycles. The molecule has 0 aliphatic rings. The molecule has 0 aliphatic heterocycles. The summed E-state index contributed by atoms with van der Waals surface area (Å²) in [5.74, 6) is -0.900. The Morgan fingerprint density at radius 3 is 2.45 bits per heavy atom. The first-order valence-corrected chi connectivity index (χ1v) is 9.01. The normalized spacial score (nSPS) is 13.3. The molecule has 0 fully saturated rings. The maximum Gasteiger partial charge on any atom is 0.340 e. The van der Waals surface area contributed by atoms with Crippen molar-refractivity contribution in [2.75, 3.05) is 18.6 Å². The highest BCUT2D eigenvalue weighted by Gasteiger charge is 2.30. The molecule has 1 aromatic heterocycles. The molecule has 0 radical (unpaired) electrons. The van der Waals surface area contributed by atoms with Crippen LogP contribution in [0.15, 0.2) is 9.31 Å². The zero-order valence-electron chi connectivity index (χ0n) is 11.4. The molecule has 0 bridgehead atoms. The van der Waals surface area contributed by atoms with Crippen molar-refractivity contribution in [2.24, 2.45) is 0 Å². The molecular formula is C11H17NO6S2. The molecular weight excluding hydrogens is 306 g/mol. The maximum absolute atomic E-state index is 12.1. The van der Waals surface area contributed by atoms with Gasteiger partial charge in [0.25, 0.3) is 0 Å². The summed E-state index contributed by atoms with van der Waals surface area (Å²) in [4.78, 5) is 10.8. The van der Waals surface area contributed by atoms with Gasteiger partial charge in [0.2, 0.25) is 10.0 Å². The molecule has 1 unspecified atom stereocenters. The summed E-state index contributed by atoms with van der Waals surface area (Å²) in [6, 6.07) is 0. The molecule has 2 N–H and O–H groups in total. The predicted octanol–water partition coefficient (Wildman–Crippen LogP) is 0.642. The van der Waals surface area contributed by atoms with Crippen LogP contribution in [0.2, 0.25) is 0 Å².